The molecule has 0 radical (unpaired) electrons. The van der Waals surface area contributed by atoms with Crippen molar-refractivity contribution in [2.24, 2.45) is 0 Å². The number of hydrogen-bond acceptors (Lipinski definition) is 2. The van der Waals surface area contributed by atoms with E-state index in [1.54, 1.807) is 19.1 Å². The number of nitrogens with zero attached hydrogens (tertiary/aromatic N) is 1. The number of carbonyl (C=O) groups is 2. The molecule has 3 rings (SSSR count). The third-order valence-corrected chi connectivity index (χ3v) is 5.88. The Morgan fingerprint density at radius 2 is 1.80 bits per heavy atom. The summed E-state index contributed by atoms with van der Waals surface area (Å²) in [6, 6.07) is 9.31. The maximum atomic E-state index is 14.2. The van der Waals surface area contributed by atoms with Gasteiger partial charge in [0.25, 0.3) is 0 Å². The van der Waals surface area contributed by atoms with Crippen molar-refractivity contribution < 1.29 is 18.4 Å². The van der Waals surface area contributed by atoms with E-state index in [1.165, 1.54) is 35.2 Å². The zero-order valence-electron chi connectivity index (χ0n) is 16.8. The van der Waals surface area contributed by atoms with Gasteiger partial charge in [0.1, 0.15) is 17.7 Å². The van der Waals surface area contributed by atoms with Crippen molar-refractivity contribution in [3.63, 3.8) is 0 Å². The molecule has 2 amide bonds. The van der Waals surface area contributed by atoms with E-state index in [2.05, 4.69) is 5.32 Å². The van der Waals surface area contributed by atoms with Crippen LogP contribution in [0.15, 0.2) is 42.5 Å². The maximum absolute atomic E-state index is 14.2. The Bertz CT molecular complexity index is 878. The normalized spacial score (nSPS) is 15.1. The van der Waals surface area contributed by atoms with Crippen molar-refractivity contribution in [1.29, 1.82) is 0 Å². The van der Waals surface area contributed by atoms with Gasteiger partial charge in [0.05, 0.1) is 6.42 Å². The summed E-state index contributed by atoms with van der Waals surface area (Å²) in [7, 11) is 0. The molecule has 1 aliphatic rings. The molecule has 0 saturated heterocycles. The van der Waals surface area contributed by atoms with Gasteiger partial charge in [-0.25, -0.2) is 8.78 Å². The Morgan fingerprint density at radius 1 is 1.13 bits per heavy atom. The Kier molecular flexibility index (Phi) is 7.43. The summed E-state index contributed by atoms with van der Waals surface area (Å²) < 4.78 is 27.5. The highest BCUT2D eigenvalue weighted by atomic mass is 35.5. The van der Waals surface area contributed by atoms with Crippen LogP contribution in [0.2, 0.25) is 5.02 Å². The number of nitrogens with one attached hydrogen (secondary N) is 1. The molecule has 30 heavy (non-hydrogen) atoms. The predicted octanol–water partition coefficient (Wildman–Crippen LogP) is 4.64. The number of carbonyl (C=O) groups excluding carboxylic acids is 2. The molecule has 0 aliphatic heterocycles. The highest BCUT2D eigenvalue weighted by Gasteiger charge is 2.29. The van der Waals surface area contributed by atoms with Gasteiger partial charge in [-0.1, -0.05) is 42.6 Å². The fourth-order valence-corrected chi connectivity index (χ4v) is 3.94. The molecular formula is C23H25ClF2N2O2. The molecule has 1 aliphatic carbocycles. The van der Waals surface area contributed by atoms with E-state index in [0.717, 1.165) is 25.7 Å². The summed E-state index contributed by atoms with van der Waals surface area (Å²) in [5.74, 6) is -1.64. The van der Waals surface area contributed by atoms with E-state index >= 15 is 0 Å². The minimum absolute atomic E-state index is 0.0941. The Hall–Kier alpha value is -2.47. The molecule has 2 aromatic carbocycles. The minimum Gasteiger partial charge on any atom is -0.352 e. The first-order valence-electron chi connectivity index (χ1n) is 10.1. The van der Waals surface area contributed by atoms with Crippen LogP contribution in [0.3, 0.4) is 0 Å². The fraction of sp³-hybridized carbons (Fsp3) is 0.391. The van der Waals surface area contributed by atoms with E-state index in [-0.39, 0.29) is 41.3 Å². The summed E-state index contributed by atoms with van der Waals surface area (Å²) >= 11 is 6.08. The molecule has 4 nitrogen and oxygen atoms in total. The van der Waals surface area contributed by atoms with Crippen LogP contribution >= 0.6 is 11.6 Å². The second-order valence-corrected chi connectivity index (χ2v) is 8.10. The Morgan fingerprint density at radius 3 is 2.43 bits per heavy atom. The van der Waals surface area contributed by atoms with Gasteiger partial charge >= 0.3 is 0 Å². The monoisotopic (exact) mass is 434 g/mol. The van der Waals surface area contributed by atoms with Crippen molar-refractivity contribution in [2.75, 3.05) is 0 Å². The van der Waals surface area contributed by atoms with Crippen LogP contribution in [0.1, 0.15) is 43.7 Å². The number of halogens is 3. The summed E-state index contributed by atoms with van der Waals surface area (Å²) in [5.41, 5.74) is 0.765. The molecule has 160 valence electrons. The summed E-state index contributed by atoms with van der Waals surface area (Å²) in [5, 5.41) is 3.16. The molecule has 1 atom stereocenters. The first-order valence-corrected chi connectivity index (χ1v) is 10.5. The van der Waals surface area contributed by atoms with Gasteiger partial charge in [0, 0.05) is 23.2 Å². The number of rotatable bonds is 7. The second-order valence-electron chi connectivity index (χ2n) is 7.69. The average molecular weight is 435 g/mol. The van der Waals surface area contributed by atoms with Gasteiger partial charge < -0.3 is 10.2 Å². The van der Waals surface area contributed by atoms with E-state index in [0.29, 0.717) is 5.56 Å². The van der Waals surface area contributed by atoms with Crippen molar-refractivity contribution in [1.82, 2.24) is 10.2 Å². The number of amides is 2. The van der Waals surface area contributed by atoms with Gasteiger partial charge in [-0.2, -0.15) is 0 Å². The molecule has 0 spiro atoms. The van der Waals surface area contributed by atoms with Crippen molar-refractivity contribution in [2.45, 2.75) is 57.7 Å². The lowest BCUT2D eigenvalue weighted by Gasteiger charge is -2.30. The van der Waals surface area contributed by atoms with Gasteiger partial charge in [-0.05, 0) is 49.6 Å². The van der Waals surface area contributed by atoms with Crippen molar-refractivity contribution >= 4 is 23.4 Å². The summed E-state index contributed by atoms with van der Waals surface area (Å²) in [6.07, 6.45) is 3.73. The predicted molar refractivity (Wildman–Crippen MR) is 112 cm³/mol. The fourth-order valence-electron chi connectivity index (χ4n) is 3.72. The topological polar surface area (TPSA) is 49.4 Å². The van der Waals surface area contributed by atoms with Crippen LogP contribution in [0.5, 0.6) is 0 Å². The van der Waals surface area contributed by atoms with Crippen molar-refractivity contribution in [3.05, 3.63) is 70.2 Å². The van der Waals surface area contributed by atoms with Crippen LogP contribution in [0, 0.1) is 11.6 Å². The molecule has 1 unspecified atom stereocenters. The van der Waals surface area contributed by atoms with Crippen LogP contribution in [0.4, 0.5) is 8.78 Å². The largest absolute Gasteiger partial charge is 0.352 e. The van der Waals surface area contributed by atoms with E-state index in [1.807, 2.05) is 0 Å². The van der Waals surface area contributed by atoms with E-state index in [9.17, 15) is 18.4 Å². The second kappa shape index (κ2) is 10.0. The van der Waals surface area contributed by atoms with Gasteiger partial charge in [-0.15, -0.1) is 0 Å². The SMILES string of the molecule is CC(C(=O)NC1CCCC1)N(Cc1ccc(F)cc1)C(=O)Cc1c(F)cccc1Cl. The lowest BCUT2D eigenvalue weighted by molar-refractivity contribution is -0.140. The van der Waals surface area contributed by atoms with Gasteiger partial charge in [-0.3, -0.25) is 9.59 Å². The van der Waals surface area contributed by atoms with Gasteiger partial charge in [0.15, 0.2) is 0 Å². The smallest absolute Gasteiger partial charge is 0.242 e. The minimum atomic E-state index is -0.770. The molecule has 2 aromatic rings. The summed E-state index contributed by atoms with van der Waals surface area (Å²) in [4.78, 5) is 27.3. The van der Waals surface area contributed by atoms with Crippen molar-refractivity contribution in [3.8, 4) is 0 Å². The molecule has 0 bridgehead atoms. The molecule has 0 aromatic heterocycles. The molecule has 1 fully saturated rings. The van der Waals surface area contributed by atoms with E-state index in [4.69, 9.17) is 11.6 Å². The molecule has 7 heteroatoms. The quantitative estimate of drug-likeness (QED) is 0.690. The lowest BCUT2D eigenvalue weighted by Crippen LogP contribution is -2.50. The number of hydrogen-bond donors (Lipinski definition) is 1. The standard InChI is InChI=1S/C23H25ClF2N2O2/c1-15(23(30)27-18-5-2-3-6-18)28(14-16-9-11-17(25)12-10-16)22(29)13-19-20(24)7-4-8-21(19)26/h4,7-12,15,18H,2-3,5-6,13-14H2,1H3,(H,27,30). The lowest BCUT2D eigenvalue weighted by atomic mass is 10.1. The van der Waals surface area contributed by atoms with Crippen LogP contribution in [-0.4, -0.2) is 28.8 Å². The first-order chi connectivity index (χ1) is 14.3. The maximum Gasteiger partial charge on any atom is 0.242 e. The van der Waals surface area contributed by atoms with Crippen LogP contribution in [-0.2, 0) is 22.6 Å². The molecule has 1 N–H and O–H groups in total. The highest BCUT2D eigenvalue weighted by molar-refractivity contribution is 6.31. The van der Waals surface area contributed by atoms with Crippen LogP contribution in [0.25, 0.3) is 0 Å². The zero-order valence-corrected chi connectivity index (χ0v) is 17.6. The Balaban J connectivity index is 1.80. The van der Waals surface area contributed by atoms with Gasteiger partial charge in [0.2, 0.25) is 11.8 Å². The third kappa shape index (κ3) is 5.57. The third-order valence-electron chi connectivity index (χ3n) is 5.52. The first kappa shape index (κ1) is 22.2. The zero-order chi connectivity index (χ0) is 21.7. The van der Waals surface area contributed by atoms with E-state index < -0.39 is 17.8 Å². The summed E-state index contributed by atoms with van der Waals surface area (Å²) in [6.45, 7) is 1.75. The molecule has 0 heterocycles. The highest BCUT2D eigenvalue weighted by Crippen LogP contribution is 2.22. The number of benzene rings is 2. The molecular weight excluding hydrogens is 410 g/mol. The Labute approximate surface area is 180 Å². The average Bonchev–Trinajstić information content (AvgIpc) is 3.22. The van der Waals surface area contributed by atoms with Crippen LogP contribution < -0.4 is 5.32 Å². The molecule has 1 saturated carbocycles.